The van der Waals surface area contributed by atoms with Crippen LogP contribution in [0.25, 0.3) is 0 Å². The largest absolute Gasteiger partial charge is 0.550 e. The number of quaternary nitrogens is 1. The summed E-state index contributed by atoms with van der Waals surface area (Å²) in [4.78, 5) is 17.7. The number of carboxylic acids is 1. The number of carbonyl (C=O) groups excluding carboxylic acids is 1. The van der Waals surface area contributed by atoms with E-state index in [2.05, 4.69) is 14.7 Å². The van der Waals surface area contributed by atoms with E-state index in [0.29, 0.717) is 6.54 Å². The zero-order valence-electron chi connectivity index (χ0n) is 8.76. The van der Waals surface area contributed by atoms with Gasteiger partial charge in [-0.2, -0.15) is 0 Å². The molecule has 84 valence electrons. The van der Waals surface area contributed by atoms with Crippen molar-refractivity contribution in [1.82, 2.24) is 14.7 Å². The Bertz CT molecular complexity index is 259. The summed E-state index contributed by atoms with van der Waals surface area (Å²) in [5, 5.41) is 10.5. The molecule has 4 rings (SSSR count). The predicted molar refractivity (Wildman–Crippen MR) is 49.5 cm³/mol. The smallest absolute Gasteiger partial charge is 0.139 e. The van der Waals surface area contributed by atoms with Crippen LogP contribution in [0.4, 0.5) is 0 Å². The van der Waals surface area contributed by atoms with Gasteiger partial charge < -0.3 is 9.90 Å². The molecule has 0 spiro atoms. The Morgan fingerprint density at radius 1 is 1.07 bits per heavy atom. The average Bonchev–Trinajstić information content (AvgIpc) is 2.12. The molecule has 0 aromatic heterocycles. The van der Waals surface area contributed by atoms with Gasteiger partial charge in [0.2, 0.25) is 0 Å². The van der Waals surface area contributed by atoms with Crippen molar-refractivity contribution in [3.8, 4) is 0 Å². The van der Waals surface area contributed by atoms with Crippen molar-refractivity contribution in [2.45, 2.75) is 6.42 Å². The third kappa shape index (κ3) is 1.63. The first kappa shape index (κ1) is 9.53. The molecule has 0 unspecified atom stereocenters. The van der Waals surface area contributed by atoms with Gasteiger partial charge in [-0.3, -0.25) is 4.48 Å². The number of hydrogen-bond acceptors (Lipinski definition) is 5. The van der Waals surface area contributed by atoms with Crippen molar-refractivity contribution in [1.29, 1.82) is 0 Å². The van der Waals surface area contributed by atoms with Gasteiger partial charge in [-0.1, -0.05) is 0 Å². The Morgan fingerprint density at radius 3 is 1.93 bits per heavy atom. The van der Waals surface area contributed by atoms with E-state index in [1.54, 1.807) is 0 Å². The van der Waals surface area contributed by atoms with Crippen LogP contribution in [0.5, 0.6) is 0 Å². The molecule has 0 aromatic rings. The van der Waals surface area contributed by atoms with E-state index in [1.807, 2.05) is 0 Å². The third-order valence-electron chi connectivity index (χ3n) is 3.49. The van der Waals surface area contributed by atoms with E-state index in [4.69, 9.17) is 0 Å². The van der Waals surface area contributed by atoms with Crippen LogP contribution >= 0.6 is 0 Å². The molecule has 4 aliphatic rings. The third-order valence-corrected chi connectivity index (χ3v) is 3.49. The summed E-state index contributed by atoms with van der Waals surface area (Å²) in [7, 11) is 0. The first-order chi connectivity index (χ1) is 7.15. The SMILES string of the molecule is O=C([O-])CC[N+]12CN3CN(CN(C3)C1)C2. The monoisotopic (exact) mass is 212 g/mol. The molecule has 0 amide bonds. The number of carboxylic acid groups (broad SMARTS) is 1. The fraction of sp³-hybridized carbons (Fsp3) is 0.889. The van der Waals surface area contributed by atoms with Crippen LogP contribution in [0.15, 0.2) is 0 Å². The molecule has 4 fully saturated rings. The van der Waals surface area contributed by atoms with E-state index in [-0.39, 0.29) is 6.42 Å². The maximum absolute atomic E-state index is 10.5. The molecule has 4 bridgehead atoms. The summed E-state index contributed by atoms with van der Waals surface area (Å²) in [6, 6.07) is 0. The van der Waals surface area contributed by atoms with Crippen molar-refractivity contribution >= 4 is 5.97 Å². The van der Waals surface area contributed by atoms with E-state index in [1.165, 1.54) is 0 Å². The molecule has 0 aliphatic carbocycles. The lowest BCUT2D eigenvalue weighted by atomic mass is 10.2. The van der Waals surface area contributed by atoms with Crippen molar-refractivity contribution in [2.75, 3.05) is 46.6 Å². The van der Waals surface area contributed by atoms with Crippen LogP contribution in [-0.4, -0.2) is 71.7 Å². The quantitative estimate of drug-likeness (QED) is 0.490. The average molecular weight is 212 g/mol. The van der Waals surface area contributed by atoms with Gasteiger partial charge in [0.1, 0.15) is 20.0 Å². The van der Waals surface area contributed by atoms with Gasteiger partial charge in [0.25, 0.3) is 0 Å². The molecule has 0 radical (unpaired) electrons. The van der Waals surface area contributed by atoms with E-state index in [0.717, 1.165) is 44.5 Å². The van der Waals surface area contributed by atoms with Gasteiger partial charge in [0.15, 0.2) is 0 Å². The summed E-state index contributed by atoms with van der Waals surface area (Å²) >= 11 is 0. The fourth-order valence-corrected chi connectivity index (χ4v) is 3.20. The standard InChI is InChI=1S/C9H16N4O2/c14-9(15)1-2-13-6-10-3-11(7-13)5-12(4-10)8-13/h1-8H2. The van der Waals surface area contributed by atoms with Crippen molar-refractivity contribution < 1.29 is 14.4 Å². The second-order valence-electron chi connectivity index (χ2n) is 5.05. The highest BCUT2D eigenvalue weighted by molar-refractivity contribution is 5.64. The van der Waals surface area contributed by atoms with Gasteiger partial charge >= 0.3 is 0 Å². The molecule has 4 aliphatic heterocycles. The molecule has 6 heteroatoms. The van der Waals surface area contributed by atoms with Crippen LogP contribution < -0.4 is 5.11 Å². The van der Waals surface area contributed by atoms with Crippen molar-refractivity contribution in [3.63, 3.8) is 0 Å². The first-order valence-corrected chi connectivity index (χ1v) is 5.37. The zero-order chi connectivity index (χ0) is 10.5. The maximum atomic E-state index is 10.5. The van der Waals surface area contributed by atoms with Crippen LogP contribution in [-0.2, 0) is 4.79 Å². The Morgan fingerprint density at radius 2 is 1.53 bits per heavy atom. The minimum atomic E-state index is -0.927. The molecular weight excluding hydrogens is 196 g/mol. The molecule has 6 nitrogen and oxygen atoms in total. The van der Waals surface area contributed by atoms with Gasteiger partial charge in [-0.05, 0) is 0 Å². The minimum Gasteiger partial charge on any atom is -0.550 e. The summed E-state index contributed by atoms with van der Waals surface area (Å²) in [6.07, 6.45) is 0.176. The summed E-state index contributed by atoms with van der Waals surface area (Å²) in [6.45, 7) is 6.83. The topological polar surface area (TPSA) is 49.9 Å². The van der Waals surface area contributed by atoms with Crippen LogP contribution in [0, 0.1) is 0 Å². The van der Waals surface area contributed by atoms with Crippen LogP contribution in [0.1, 0.15) is 6.42 Å². The Balaban J connectivity index is 1.72. The molecule has 4 saturated heterocycles. The molecule has 0 saturated carbocycles. The first-order valence-electron chi connectivity index (χ1n) is 5.37. The highest BCUT2D eigenvalue weighted by atomic mass is 16.4. The number of carbonyl (C=O) groups is 1. The summed E-state index contributed by atoms with van der Waals surface area (Å²) in [5.41, 5.74) is 0. The number of rotatable bonds is 3. The lowest BCUT2D eigenvalue weighted by Gasteiger charge is -2.60. The van der Waals surface area contributed by atoms with Gasteiger partial charge in [-0.25, -0.2) is 14.7 Å². The lowest BCUT2D eigenvalue weighted by Crippen LogP contribution is -2.79. The van der Waals surface area contributed by atoms with Crippen molar-refractivity contribution in [2.24, 2.45) is 0 Å². The lowest BCUT2D eigenvalue weighted by molar-refractivity contribution is -0.979. The zero-order valence-corrected chi connectivity index (χ0v) is 8.76. The second-order valence-corrected chi connectivity index (χ2v) is 5.05. The predicted octanol–water partition coefficient (Wildman–Crippen LogP) is -2.36. The normalized spacial score (nSPS) is 47.1. The van der Waals surface area contributed by atoms with E-state index in [9.17, 15) is 9.90 Å². The van der Waals surface area contributed by atoms with Gasteiger partial charge in [0, 0.05) is 12.4 Å². The van der Waals surface area contributed by atoms with Crippen molar-refractivity contribution in [3.05, 3.63) is 0 Å². The highest BCUT2D eigenvalue weighted by Crippen LogP contribution is 2.28. The Kier molecular flexibility index (Phi) is 2.00. The second kappa shape index (κ2) is 3.15. The number of hydrogen-bond donors (Lipinski definition) is 0. The van der Waals surface area contributed by atoms with E-state index >= 15 is 0 Å². The van der Waals surface area contributed by atoms with Crippen LogP contribution in [0.2, 0.25) is 0 Å². The number of nitrogens with zero attached hydrogens (tertiary/aromatic N) is 4. The summed E-state index contributed by atoms with van der Waals surface area (Å²) in [5.74, 6) is -0.927. The Labute approximate surface area is 88.8 Å². The molecule has 0 N–H and O–H groups in total. The summed E-state index contributed by atoms with van der Waals surface area (Å²) < 4.78 is 0.883. The van der Waals surface area contributed by atoms with E-state index < -0.39 is 5.97 Å². The molecule has 0 atom stereocenters. The molecular formula is C9H16N4O2. The maximum Gasteiger partial charge on any atom is 0.139 e. The molecule has 4 heterocycles. The number of aliphatic carboxylic acids is 1. The highest BCUT2D eigenvalue weighted by Gasteiger charge is 2.47. The van der Waals surface area contributed by atoms with Crippen LogP contribution in [0.3, 0.4) is 0 Å². The minimum absolute atomic E-state index is 0.176. The van der Waals surface area contributed by atoms with Gasteiger partial charge in [0.05, 0.1) is 26.6 Å². The molecule has 15 heavy (non-hydrogen) atoms. The molecule has 0 aromatic carbocycles. The fourth-order valence-electron chi connectivity index (χ4n) is 3.20. The Hall–Kier alpha value is -0.690. The van der Waals surface area contributed by atoms with Gasteiger partial charge in [-0.15, -0.1) is 0 Å².